The van der Waals surface area contributed by atoms with Crippen molar-refractivity contribution >= 4 is 54.1 Å². The number of hydrogen-bond donors (Lipinski definition) is 0. The maximum atomic E-state index is 2.48. The van der Waals surface area contributed by atoms with Crippen LogP contribution in [0.4, 0.5) is 0 Å². The molecule has 0 amide bonds. The van der Waals surface area contributed by atoms with Gasteiger partial charge < -0.3 is 4.57 Å². The second kappa shape index (κ2) is 10.6. The summed E-state index contributed by atoms with van der Waals surface area (Å²) < 4.78 is 2.48. The molecule has 2 aliphatic rings. The summed E-state index contributed by atoms with van der Waals surface area (Å²) in [6, 6.07) is 61.7. The SMILES string of the molecule is CC1(C)c2cc(-n3c4ccccc4c4cc(-c5ccc6c7ccccc7c7ccccc7c6c5)ccc43)ccc2-c2c1ccc1c2C(C)(C)c2ccccc2-1. The fourth-order valence-corrected chi connectivity index (χ4v) is 10.7. The quantitative estimate of drug-likeness (QED) is 0.158. The molecule has 1 heterocycles. The third kappa shape index (κ3) is 3.98. The lowest BCUT2D eigenvalue weighted by atomic mass is 9.77. The van der Waals surface area contributed by atoms with Crippen molar-refractivity contribution in [1.29, 1.82) is 0 Å². The minimum Gasteiger partial charge on any atom is -0.309 e. The Morgan fingerprint density at radius 2 is 0.909 bits per heavy atom. The summed E-state index contributed by atoms with van der Waals surface area (Å²) in [5.41, 5.74) is 17.3. The Balaban J connectivity index is 1.03. The summed E-state index contributed by atoms with van der Waals surface area (Å²) in [5, 5.41) is 10.4. The summed E-state index contributed by atoms with van der Waals surface area (Å²) in [4.78, 5) is 0. The largest absolute Gasteiger partial charge is 0.309 e. The van der Waals surface area contributed by atoms with Gasteiger partial charge in [0, 0.05) is 27.3 Å². The average molecular weight is 702 g/mol. The number of fused-ring (bicyclic) bond motifs is 16. The van der Waals surface area contributed by atoms with E-state index in [2.05, 4.69) is 196 Å². The fourth-order valence-electron chi connectivity index (χ4n) is 10.7. The molecule has 0 N–H and O–H groups in total. The molecule has 1 heteroatoms. The van der Waals surface area contributed by atoms with Crippen LogP contribution in [0, 0.1) is 0 Å². The molecule has 0 saturated heterocycles. The van der Waals surface area contributed by atoms with E-state index in [1.54, 1.807) is 0 Å². The van der Waals surface area contributed by atoms with Gasteiger partial charge in [0.25, 0.3) is 0 Å². The molecule has 0 spiro atoms. The van der Waals surface area contributed by atoms with Crippen molar-refractivity contribution in [2.45, 2.75) is 38.5 Å². The van der Waals surface area contributed by atoms with Crippen LogP contribution in [0.3, 0.4) is 0 Å². The topological polar surface area (TPSA) is 4.93 Å². The molecule has 1 aromatic heterocycles. The van der Waals surface area contributed by atoms with E-state index in [9.17, 15) is 0 Å². The zero-order valence-corrected chi connectivity index (χ0v) is 31.5. The van der Waals surface area contributed by atoms with Crippen LogP contribution in [0.5, 0.6) is 0 Å². The minimum atomic E-state index is -0.127. The zero-order chi connectivity index (χ0) is 36.8. The standard InChI is InChI=1S/C54H39N/c1-53(2)47-27-26-42-40-17-9-11-19-46(40)54(3,4)52(42)51(47)43-25-23-34(31-48(43)53)55-49-20-12-10-18-41(49)45-30-33(22-28-50(45)55)32-21-24-39-37-15-6-5-13-35(37)36-14-7-8-16-38(36)44(39)29-32/h5-31H,1-4H3. The van der Waals surface area contributed by atoms with Crippen LogP contribution in [-0.4, -0.2) is 4.57 Å². The summed E-state index contributed by atoms with van der Waals surface area (Å²) in [5.74, 6) is 0. The minimum absolute atomic E-state index is 0.0654. The molecular weight excluding hydrogens is 663 g/mol. The lowest BCUT2D eigenvalue weighted by Gasteiger charge is -2.26. The Morgan fingerprint density at radius 1 is 0.345 bits per heavy atom. The van der Waals surface area contributed by atoms with Crippen molar-refractivity contribution in [3.05, 3.63) is 186 Å². The molecule has 0 aliphatic heterocycles. The van der Waals surface area contributed by atoms with Gasteiger partial charge in [0.2, 0.25) is 0 Å². The molecule has 55 heavy (non-hydrogen) atoms. The summed E-state index contributed by atoms with van der Waals surface area (Å²) >= 11 is 0. The van der Waals surface area contributed by atoms with Gasteiger partial charge >= 0.3 is 0 Å². The van der Waals surface area contributed by atoms with E-state index in [-0.39, 0.29) is 10.8 Å². The fraction of sp³-hybridized carbons (Fsp3) is 0.111. The van der Waals surface area contributed by atoms with Crippen molar-refractivity contribution in [3.8, 4) is 39.1 Å². The molecule has 1 nitrogen and oxygen atoms in total. The lowest BCUT2D eigenvalue weighted by molar-refractivity contribution is 0.647. The van der Waals surface area contributed by atoms with Crippen molar-refractivity contribution in [1.82, 2.24) is 4.57 Å². The summed E-state index contributed by atoms with van der Waals surface area (Å²) in [7, 11) is 0. The predicted molar refractivity (Wildman–Crippen MR) is 234 cm³/mol. The van der Waals surface area contributed by atoms with Gasteiger partial charge in [-0.15, -0.1) is 0 Å². The van der Waals surface area contributed by atoms with Crippen LogP contribution in [0.25, 0.3) is 93.2 Å². The van der Waals surface area contributed by atoms with E-state index in [1.165, 1.54) is 115 Å². The average Bonchev–Trinajstić information content (AvgIpc) is 3.77. The molecule has 0 atom stereocenters. The highest BCUT2D eigenvalue weighted by molar-refractivity contribution is 6.26. The molecule has 0 radical (unpaired) electrons. The lowest BCUT2D eigenvalue weighted by Crippen LogP contribution is -2.18. The first-order valence-corrected chi connectivity index (χ1v) is 19.6. The van der Waals surface area contributed by atoms with E-state index >= 15 is 0 Å². The summed E-state index contributed by atoms with van der Waals surface area (Å²) in [6.45, 7) is 9.64. The van der Waals surface area contributed by atoms with Gasteiger partial charge in [-0.05, 0) is 124 Å². The van der Waals surface area contributed by atoms with Crippen molar-refractivity contribution in [2.75, 3.05) is 0 Å². The molecule has 0 bridgehead atoms. The Kier molecular flexibility index (Phi) is 5.98. The number of rotatable bonds is 2. The number of hydrogen-bond acceptors (Lipinski definition) is 0. The third-order valence-corrected chi connectivity index (χ3v) is 13.3. The van der Waals surface area contributed by atoms with Crippen LogP contribution >= 0.6 is 0 Å². The van der Waals surface area contributed by atoms with Crippen LogP contribution in [0.2, 0.25) is 0 Å². The molecule has 0 fully saturated rings. The number of nitrogens with zero attached hydrogens (tertiary/aromatic N) is 1. The first kappa shape index (κ1) is 31.0. The highest BCUT2D eigenvalue weighted by Crippen LogP contribution is 2.59. The van der Waals surface area contributed by atoms with E-state index in [0.29, 0.717) is 0 Å². The predicted octanol–water partition coefficient (Wildman–Crippen LogP) is 14.5. The van der Waals surface area contributed by atoms with E-state index in [1.807, 2.05) is 0 Å². The van der Waals surface area contributed by atoms with Crippen molar-refractivity contribution < 1.29 is 0 Å². The van der Waals surface area contributed by atoms with Crippen LogP contribution in [0.15, 0.2) is 164 Å². The maximum absolute atomic E-state index is 2.48. The van der Waals surface area contributed by atoms with Crippen molar-refractivity contribution in [2.24, 2.45) is 0 Å². The highest BCUT2D eigenvalue weighted by Gasteiger charge is 2.44. The van der Waals surface area contributed by atoms with Crippen molar-refractivity contribution in [3.63, 3.8) is 0 Å². The monoisotopic (exact) mass is 701 g/mol. The molecule has 10 aromatic rings. The van der Waals surface area contributed by atoms with E-state index < -0.39 is 0 Å². The molecule has 2 aliphatic carbocycles. The van der Waals surface area contributed by atoms with Gasteiger partial charge in [-0.1, -0.05) is 155 Å². The van der Waals surface area contributed by atoms with Gasteiger partial charge in [0.15, 0.2) is 0 Å². The Bertz CT molecular complexity index is 3280. The van der Waals surface area contributed by atoms with E-state index in [0.717, 1.165) is 0 Å². The molecule has 0 saturated carbocycles. The Labute approximate surface area is 321 Å². The smallest absolute Gasteiger partial charge is 0.0541 e. The second-order valence-corrected chi connectivity index (χ2v) is 16.9. The Hall–Kier alpha value is -6.44. The highest BCUT2D eigenvalue weighted by atomic mass is 15.0. The number of aromatic nitrogens is 1. The van der Waals surface area contributed by atoms with Crippen LogP contribution < -0.4 is 0 Å². The van der Waals surface area contributed by atoms with Gasteiger partial charge in [-0.25, -0.2) is 0 Å². The van der Waals surface area contributed by atoms with Gasteiger partial charge in [-0.3, -0.25) is 0 Å². The molecule has 260 valence electrons. The van der Waals surface area contributed by atoms with Crippen LogP contribution in [-0.2, 0) is 10.8 Å². The maximum Gasteiger partial charge on any atom is 0.0541 e. The molecule has 12 rings (SSSR count). The first-order valence-electron chi connectivity index (χ1n) is 19.6. The number of benzene rings is 9. The zero-order valence-electron chi connectivity index (χ0n) is 31.5. The third-order valence-electron chi connectivity index (χ3n) is 13.3. The second-order valence-electron chi connectivity index (χ2n) is 16.9. The van der Waals surface area contributed by atoms with Gasteiger partial charge in [-0.2, -0.15) is 0 Å². The van der Waals surface area contributed by atoms with Gasteiger partial charge in [0.1, 0.15) is 0 Å². The summed E-state index contributed by atoms with van der Waals surface area (Å²) in [6.07, 6.45) is 0. The van der Waals surface area contributed by atoms with Crippen LogP contribution in [0.1, 0.15) is 49.9 Å². The number of para-hydroxylation sites is 1. The van der Waals surface area contributed by atoms with Gasteiger partial charge in [0.05, 0.1) is 11.0 Å². The Morgan fingerprint density at radius 3 is 1.65 bits per heavy atom. The molecule has 9 aromatic carbocycles. The van der Waals surface area contributed by atoms with E-state index in [4.69, 9.17) is 0 Å². The first-order chi connectivity index (χ1) is 26.8. The molecular formula is C54H39N. The molecule has 0 unspecified atom stereocenters. The normalized spacial score (nSPS) is 14.8.